The summed E-state index contributed by atoms with van der Waals surface area (Å²) in [6.07, 6.45) is 4.68. The fourth-order valence-electron chi connectivity index (χ4n) is 2.37. The fourth-order valence-corrected chi connectivity index (χ4v) is 2.37. The molecule has 1 aromatic rings. The van der Waals surface area contributed by atoms with E-state index in [-0.39, 0.29) is 5.75 Å². The number of ether oxygens (including phenoxy) is 1. The molecule has 0 N–H and O–H groups in total. The van der Waals surface area contributed by atoms with E-state index in [1.807, 2.05) is 0 Å². The summed E-state index contributed by atoms with van der Waals surface area (Å²) in [5.41, 5.74) is 1.76. The van der Waals surface area contributed by atoms with Crippen LogP contribution in [-0.2, 0) is 4.79 Å². The SMILES string of the molecule is O=CC1=C2Oc3c(F)cc(F)cc3C=C2CCC1. The highest BCUT2D eigenvalue weighted by Gasteiger charge is 2.26. The van der Waals surface area contributed by atoms with E-state index in [1.165, 1.54) is 6.07 Å². The van der Waals surface area contributed by atoms with Crippen LogP contribution in [0.4, 0.5) is 8.78 Å². The van der Waals surface area contributed by atoms with Crippen molar-refractivity contribution in [2.75, 3.05) is 0 Å². The van der Waals surface area contributed by atoms with Crippen molar-refractivity contribution in [3.05, 3.63) is 46.2 Å². The van der Waals surface area contributed by atoms with Crippen LogP contribution in [0, 0.1) is 11.6 Å². The number of hydrogen-bond acceptors (Lipinski definition) is 2. The van der Waals surface area contributed by atoms with Crippen molar-refractivity contribution in [3.8, 4) is 5.75 Å². The molecule has 0 saturated heterocycles. The number of hydrogen-bond donors (Lipinski definition) is 0. The summed E-state index contributed by atoms with van der Waals surface area (Å²) in [4.78, 5) is 10.9. The summed E-state index contributed by atoms with van der Waals surface area (Å²) in [6, 6.07) is 2.01. The molecule has 1 aliphatic heterocycles. The molecule has 1 aliphatic carbocycles. The number of carbonyl (C=O) groups is 1. The summed E-state index contributed by atoms with van der Waals surface area (Å²) in [5, 5.41) is 0. The predicted octanol–water partition coefficient (Wildman–Crippen LogP) is 3.38. The molecule has 0 aromatic heterocycles. The van der Waals surface area contributed by atoms with E-state index in [1.54, 1.807) is 6.08 Å². The average molecular weight is 248 g/mol. The Morgan fingerprint density at radius 3 is 2.83 bits per heavy atom. The van der Waals surface area contributed by atoms with Crippen LogP contribution in [0.3, 0.4) is 0 Å². The Bertz CT molecular complexity index is 600. The van der Waals surface area contributed by atoms with Crippen molar-refractivity contribution < 1.29 is 18.3 Å². The molecule has 0 spiro atoms. The highest BCUT2D eigenvalue weighted by Crippen LogP contribution is 2.40. The Morgan fingerprint density at radius 1 is 1.22 bits per heavy atom. The molecule has 0 radical (unpaired) electrons. The smallest absolute Gasteiger partial charge is 0.170 e. The number of halogens is 2. The van der Waals surface area contributed by atoms with Gasteiger partial charge in [-0.05, 0) is 37.0 Å². The Labute approximate surface area is 103 Å². The number of allylic oxidation sites excluding steroid dienone is 2. The van der Waals surface area contributed by atoms with E-state index in [2.05, 4.69) is 0 Å². The molecule has 3 rings (SSSR count). The molecule has 92 valence electrons. The van der Waals surface area contributed by atoms with Crippen molar-refractivity contribution >= 4 is 12.4 Å². The van der Waals surface area contributed by atoms with Gasteiger partial charge in [-0.15, -0.1) is 0 Å². The van der Waals surface area contributed by atoms with Crippen molar-refractivity contribution in [1.82, 2.24) is 0 Å². The quantitative estimate of drug-likeness (QED) is 0.712. The van der Waals surface area contributed by atoms with E-state index in [0.717, 1.165) is 30.8 Å². The third kappa shape index (κ3) is 1.65. The molecular formula is C14H10F2O2. The lowest BCUT2D eigenvalue weighted by atomic mass is 9.90. The zero-order valence-corrected chi connectivity index (χ0v) is 9.50. The summed E-state index contributed by atoms with van der Waals surface area (Å²) in [5.74, 6) is -0.945. The van der Waals surface area contributed by atoms with Gasteiger partial charge in [-0.2, -0.15) is 0 Å². The minimum absolute atomic E-state index is 0.00333. The normalized spacial score (nSPS) is 17.6. The molecule has 1 aromatic carbocycles. The molecule has 18 heavy (non-hydrogen) atoms. The van der Waals surface area contributed by atoms with Crippen molar-refractivity contribution in [1.29, 1.82) is 0 Å². The first-order chi connectivity index (χ1) is 8.69. The van der Waals surface area contributed by atoms with Gasteiger partial charge < -0.3 is 4.74 Å². The van der Waals surface area contributed by atoms with Gasteiger partial charge in [0.15, 0.2) is 11.6 Å². The van der Waals surface area contributed by atoms with Gasteiger partial charge in [0, 0.05) is 17.2 Å². The van der Waals surface area contributed by atoms with Crippen LogP contribution in [0.1, 0.15) is 24.8 Å². The van der Waals surface area contributed by atoms with Crippen molar-refractivity contribution in [2.45, 2.75) is 19.3 Å². The maximum atomic E-state index is 13.6. The minimum atomic E-state index is -0.747. The Balaban J connectivity index is 2.20. The van der Waals surface area contributed by atoms with Crippen LogP contribution >= 0.6 is 0 Å². The molecule has 0 unspecified atom stereocenters. The van der Waals surface area contributed by atoms with Gasteiger partial charge in [-0.25, -0.2) is 8.78 Å². The third-order valence-electron chi connectivity index (χ3n) is 3.19. The highest BCUT2D eigenvalue weighted by atomic mass is 19.1. The zero-order chi connectivity index (χ0) is 12.7. The molecule has 0 amide bonds. The van der Waals surface area contributed by atoms with E-state index in [4.69, 9.17) is 4.74 Å². The maximum absolute atomic E-state index is 13.6. The van der Waals surface area contributed by atoms with E-state index < -0.39 is 11.6 Å². The van der Waals surface area contributed by atoms with Crippen LogP contribution in [0.25, 0.3) is 6.08 Å². The van der Waals surface area contributed by atoms with Crippen molar-refractivity contribution in [2.24, 2.45) is 0 Å². The largest absolute Gasteiger partial charge is 0.453 e. The molecular weight excluding hydrogens is 238 g/mol. The van der Waals surface area contributed by atoms with Crippen LogP contribution in [0.5, 0.6) is 5.75 Å². The van der Waals surface area contributed by atoms with Crippen LogP contribution in [0.15, 0.2) is 29.0 Å². The van der Waals surface area contributed by atoms with Crippen LogP contribution < -0.4 is 4.74 Å². The van der Waals surface area contributed by atoms with E-state index in [0.29, 0.717) is 23.3 Å². The molecule has 0 fully saturated rings. The first-order valence-electron chi connectivity index (χ1n) is 5.75. The molecule has 1 heterocycles. The minimum Gasteiger partial charge on any atom is -0.453 e. The van der Waals surface area contributed by atoms with Crippen LogP contribution in [-0.4, -0.2) is 6.29 Å². The molecule has 0 saturated carbocycles. The second kappa shape index (κ2) is 4.05. The second-order valence-corrected chi connectivity index (χ2v) is 4.40. The average Bonchev–Trinajstić information content (AvgIpc) is 2.36. The predicted molar refractivity (Wildman–Crippen MR) is 61.9 cm³/mol. The number of fused-ring (bicyclic) bond motifs is 2. The van der Waals surface area contributed by atoms with Gasteiger partial charge in [0.25, 0.3) is 0 Å². The summed E-state index contributed by atoms with van der Waals surface area (Å²) < 4.78 is 32.2. The summed E-state index contributed by atoms with van der Waals surface area (Å²) >= 11 is 0. The van der Waals surface area contributed by atoms with Crippen molar-refractivity contribution in [3.63, 3.8) is 0 Å². The third-order valence-corrected chi connectivity index (χ3v) is 3.19. The lowest BCUT2D eigenvalue weighted by Gasteiger charge is -2.25. The van der Waals surface area contributed by atoms with E-state index >= 15 is 0 Å². The molecule has 0 atom stereocenters. The molecule has 0 bridgehead atoms. The molecule has 4 heteroatoms. The van der Waals surface area contributed by atoms with Gasteiger partial charge in [-0.3, -0.25) is 4.79 Å². The van der Waals surface area contributed by atoms with Gasteiger partial charge in [-0.1, -0.05) is 0 Å². The van der Waals surface area contributed by atoms with E-state index in [9.17, 15) is 13.6 Å². The van der Waals surface area contributed by atoms with Gasteiger partial charge in [0.05, 0.1) is 0 Å². The first kappa shape index (κ1) is 11.1. The summed E-state index contributed by atoms with van der Waals surface area (Å²) in [6.45, 7) is 0. The Morgan fingerprint density at radius 2 is 2.06 bits per heavy atom. The van der Waals surface area contributed by atoms with Gasteiger partial charge >= 0.3 is 0 Å². The zero-order valence-electron chi connectivity index (χ0n) is 9.50. The number of benzene rings is 1. The van der Waals surface area contributed by atoms with Gasteiger partial charge in [0.1, 0.15) is 17.9 Å². The monoisotopic (exact) mass is 248 g/mol. The molecule has 2 aliphatic rings. The number of aldehydes is 1. The highest BCUT2D eigenvalue weighted by molar-refractivity contribution is 5.79. The summed E-state index contributed by atoms with van der Waals surface area (Å²) in [7, 11) is 0. The number of carbonyl (C=O) groups excluding carboxylic acids is 1. The lowest BCUT2D eigenvalue weighted by Crippen LogP contribution is -2.14. The first-order valence-corrected chi connectivity index (χ1v) is 5.75. The standard InChI is InChI=1S/C14H10F2O2/c15-11-5-10-4-8-2-1-3-9(7-17)13(8)18-14(10)12(16)6-11/h4-7H,1-3H2. The lowest BCUT2D eigenvalue weighted by molar-refractivity contribution is -0.105. The Hall–Kier alpha value is -1.97. The Kier molecular flexibility index (Phi) is 2.51. The fraction of sp³-hybridized carbons (Fsp3) is 0.214. The maximum Gasteiger partial charge on any atom is 0.170 e. The topological polar surface area (TPSA) is 26.3 Å². The van der Waals surface area contributed by atoms with Crippen LogP contribution in [0.2, 0.25) is 0 Å². The van der Waals surface area contributed by atoms with Gasteiger partial charge in [0.2, 0.25) is 0 Å². The molecule has 2 nitrogen and oxygen atoms in total. The second-order valence-electron chi connectivity index (χ2n) is 4.40. The number of rotatable bonds is 1.